The quantitative estimate of drug-likeness (QED) is 0.0300. The van der Waals surface area contributed by atoms with Crippen LogP contribution < -0.4 is 18.9 Å². The molecule has 4 aromatic carbocycles. The number of hydrogen-bond donors (Lipinski definition) is 0. The van der Waals surface area contributed by atoms with Crippen LogP contribution in [0.4, 0.5) is 17.6 Å². The molecule has 0 aliphatic heterocycles. The van der Waals surface area contributed by atoms with Gasteiger partial charge in [-0.05, 0) is 79.2 Å². The van der Waals surface area contributed by atoms with Gasteiger partial charge in [-0.25, -0.2) is 19.2 Å². The summed E-state index contributed by atoms with van der Waals surface area (Å²) in [7, 11) is 0. The summed E-state index contributed by atoms with van der Waals surface area (Å²) in [6, 6.07) is 20.8. The molecule has 0 amide bonds. The average molecular weight is 777 g/mol. The molecular formula is C44H28F4O9. The Labute approximate surface area is 323 Å². The highest BCUT2D eigenvalue weighted by atomic mass is 19.4. The van der Waals surface area contributed by atoms with Crippen LogP contribution in [0.3, 0.4) is 0 Å². The molecule has 4 rings (SSSR count). The predicted molar refractivity (Wildman–Crippen MR) is 200 cm³/mol. The van der Waals surface area contributed by atoms with Crippen molar-refractivity contribution in [2.45, 2.75) is 20.0 Å². The molecule has 0 N–H and O–H groups in total. The molecule has 0 radical (unpaired) electrons. The maximum absolute atomic E-state index is 12.9. The Balaban J connectivity index is 1.62. The largest absolute Gasteiger partial charge is 0.423 e. The molecule has 0 aliphatic carbocycles. The van der Waals surface area contributed by atoms with Crippen LogP contribution in [0.1, 0.15) is 47.2 Å². The lowest BCUT2D eigenvalue weighted by atomic mass is 10.1. The smallest absolute Gasteiger partial charge is 0.422 e. The minimum absolute atomic E-state index is 0.0364. The first-order chi connectivity index (χ1) is 26.9. The molecule has 0 heterocycles. The Bertz CT molecular complexity index is 2450. The lowest BCUT2D eigenvalue weighted by Gasteiger charge is -2.12. The number of hydrogen-bond acceptors (Lipinski definition) is 9. The van der Waals surface area contributed by atoms with Crippen LogP contribution in [0.2, 0.25) is 0 Å². The van der Waals surface area contributed by atoms with Crippen molar-refractivity contribution >= 4 is 41.8 Å². The number of carbonyl (C=O) groups is 5. The number of halogens is 4. The monoisotopic (exact) mass is 776 g/mol. The predicted octanol–water partition coefficient (Wildman–Crippen LogP) is 8.05. The van der Waals surface area contributed by atoms with E-state index in [0.717, 1.165) is 6.92 Å². The minimum Gasteiger partial charge on any atom is -0.423 e. The SMILES string of the molecule is C=C(C)C(=O)Oc1cc(/C=C/c2ccc(C#Cc3ccc(OC(=O)C(=C)F)cc3)cc2)c(OC(=O)C(C)=O)cc1C#Cc1ccc(OC(=O)C(=C)C(F)(F)F)cc1. The topological polar surface area (TPSA) is 122 Å². The highest BCUT2D eigenvalue weighted by Crippen LogP contribution is 2.32. The zero-order chi connectivity index (χ0) is 41.9. The maximum Gasteiger partial charge on any atom is 0.422 e. The average Bonchev–Trinajstić information content (AvgIpc) is 3.16. The molecule has 4 aromatic rings. The van der Waals surface area contributed by atoms with Gasteiger partial charge in [0.1, 0.15) is 28.6 Å². The van der Waals surface area contributed by atoms with Gasteiger partial charge in [0.25, 0.3) is 0 Å². The molecule has 0 aliphatic rings. The second-order valence-corrected chi connectivity index (χ2v) is 11.7. The van der Waals surface area contributed by atoms with Crippen molar-refractivity contribution in [2.24, 2.45) is 0 Å². The normalized spacial score (nSPS) is 10.5. The number of ketones is 1. The first-order valence-corrected chi connectivity index (χ1v) is 16.2. The Morgan fingerprint density at radius 3 is 1.53 bits per heavy atom. The van der Waals surface area contributed by atoms with Crippen molar-refractivity contribution in [1.82, 2.24) is 0 Å². The van der Waals surface area contributed by atoms with E-state index in [1.807, 2.05) is 0 Å². The zero-order valence-corrected chi connectivity index (χ0v) is 30.0. The van der Waals surface area contributed by atoms with E-state index in [9.17, 15) is 41.5 Å². The molecule has 0 fully saturated rings. The van der Waals surface area contributed by atoms with E-state index in [0.29, 0.717) is 22.3 Å². The molecule has 0 bridgehead atoms. The van der Waals surface area contributed by atoms with E-state index in [-0.39, 0.29) is 39.7 Å². The number of benzene rings is 4. The number of Topliss-reactive ketones (excluding diaryl/α,β-unsaturated/α-hetero) is 1. The van der Waals surface area contributed by atoms with Crippen molar-refractivity contribution in [3.05, 3.63) is 155 Å². The molecule has 0 unspecified atom stereocenters. The van der Waals surface area contributed by atoms with Crippen LogP contribution in [-0.4, -0.2) is 35.8 Å². The van der Waals surface area contributed by atoms with E-state index in [2.05, 4.69) is 43.4 Å². The Morgan fingerprint density at radius 2 is 1.05 bits per heavy atom. The summed E-state index contributed by atoms with van der Waals surface area (Å²) in [5.41, 5.74) is 0.830. The van der Waals surface area contributed by atoms with Crippen LogP contribution in [-0.2, 0) is 24.0 Å². The van der Waals surface area contributed by atoms with Gasteiger partial charge in [0.15, 0.2) is 0 Å². The molecular weight excluding hydrogens is 748 g/mol. The van der Waals surface area contributed by atoms with E-state index in [1.54, 1.807) is 48.6 Å². The van der Waals surface area contributed by atoms with Gasteiger partial charge in [-0.1, -0.05) is 67.7 Å². The van der Waals surface area contributed by atoms with Crippen LogP contribution in [0, 0.1) is 23.7 Å². The third-order valence-corrected chi connectivity index (χ3v) is 7.15. The third kappa shape index (κ3) is 12.4. The summed E-state index contributed by atoms with van der Waals surface area (Å²) in [6.07, 6.45) is -1.77. The standard InChI is InChI=1S/C44H28F4O9/c1-26(2)40(50)56-38-24-35(18-12-31-9-6-30(7-10-31)8-11-32-14-22-37(23-15-32)55-42(52)28(4)45)39(57-43(53)29(5)49)25-34(38)19-13-33-16-20-36(21-17-33)54-41(51)27(3)44(46,47)48/h6-7,9-10,12,14-18,20-25H,1,3-4H2,2,5H3/b18-12+. The minimum atomic E-state index is -4.96. The van der Waals surface area contributed by atoms with Gasteiger partial charge in [0.2, 0.25) is 11.6 Å². The van der Waals surface area contributed by atoms with E-state index in [1.165, 1.54) is 55.5 Å². The second kappa shape index (κ2) is 18.5. The summed E-state index contributed by atoms with van der Waals surface area (Å²) in [4.78, 5) is 59.9. The van der Waals surface area contributed by atoms with Crippen molar-refractivity contribution in [3.63, 3.8) is 0 Å². The molecule has 9 nitrogen and oxygen atoms in total. The Hall–Kier alpha value is -7.77. The number of ether oxygens (including phenoxy) is 4. The summed E-state index contributed by atoms with van der Waals surface area (Å²) in [6.45, 7) is 11.6. The van der Waals surface area contributed by atoms with Crippen LogP contribution in [0.15, 0.2) is 122 Å². The first kappa shape index (κ1) is 42.0. The van der Waals surface area contributed by atoms with E-state index >= 15 is 0 Å². The van der Waals surface area contributed by atoms with Gasteiger partial charge < -0.3 is 18.9 Å². The molecule has 0 atom stereocenters. The fourth-order valence-corrected chi connectivity index (χ4v) is 4.14. The van der Waals surface area contributed by atoms with Crippen molar-refractivity contribution in [3.8, 4) is 46.7 Å². The number of rotatable bonds is 10. The maximum atomic E-state index is 12.9. The summed E-state index contributed by atoms with van der Waals surface area (Å²) in [5.74, 6) is 4.28. The highest BCUT2D eigenvalue weighted by Gasteiger charge is 2.38. The molecule has 286 valence electrons. The van der Waals surface area contributed by atoms with Crippen LogP contribution in [0.25, 0.3) is 12.2 Å². The fraction of sp³-hybridized carbons (Fsp3) is 0.0682. The summed E-state index contributed by atoms with van der Waals surface area (Å²) in [5, 5.41) is 0. The summed E-state index contributed by atoms with van der Waals surface area (Å²) < 4.78 is 71.6. The molecule has 0 spiro atoms. The second-order valence-electron chi connectivity index (χ2n) is 11.7. The molecule has 0 saturated carbocycles. The third-order valence-electron chi connectivity index (χ3n) is 7.15. The molecule has 0 aromatic heterocycles. The number of alkyl halides is 3. The Morgan fingerprint density at radius 1 is 0.579 bits per heavy atom. The van der Waals surface area contributed by atoms with Crippen LogP contribution >= 0.6 is 0 Å². The Kier molecular flexibility index (Phi) is 13.6. The van der Waals surface area contributed by atoms with Crippen molar-refractivity contribution in [1.29, 1.82) is 0 Å². The lowest BCUT2D eigenvalue weighted by molar-refractivity contribution is -0.146. The van der Waals surface area contributed by atoms with Gasteiger partial charge in [-0.15, -0.1) is 0 Å². The van der Waals surface area contributed by atoms with Gasteiger partial charge in [-0.3, -0.25) is 4.79 Å². The first-order valence-electron chi connectivity index (χ1n) is 16.2. The fourth-order valence-electron chi connectivity index (χ4n) is 4.14. The highest BCUT2D eigenvalue weighted by molar-refractivity contribution is 6.33. The van der Waals surface area contributed by atoms with Gasteiger partial charge in [0.05, 0.1) is 5.56 Å². The molecule has 0 saturated heterocycles. The van der Waals surface area contributed by atoms with Gasteiger partial charge >= 0.3 is 30.1 Å². The molecule has 57 heavy (non-hydrogen) atoms. The van der Waals surface area contributed by atoms with Gasteiger partial charge in [-0.2, -0.15) is 17.6 Å². The number of carbonyl (C=O) groups excluding carboxylic acids is 5. The van der Waals surface area contributed by atoms with Crippen molar-refractivity contribution in [2.75, 3.05) is 0 Å². The van der Waals surface area contributed by atoms with Crippen LogP contribution in [0.5, 0.6) is 23.0 Å². The zero-order valence-electron chi connectivity index (χ0n) is 30.0. The van der Waals surface area contributed by atoms with E-state index < -0.39 is 47.2 Å². The number of esters is 4. The lowest BCUT2D eigenvalue weighted by Crippen LogP contribution is -2.23. The van der Waals surface area contributed by atoms with Crippen molar-refractivity contribution < 1.29 is 60.5 Å². The van der Waals surface area contributed by atoms with Gasteiger partial charge in [0, 0.05) is 40.8 Å². The summed E-state index contributed by atoms with van der Waals surface area (Å²) >= 11 is 0. The molecule has 13 heteroatoms. The van der Waals surface area contributed by atoms with E-state index in [4.69, 9.17) is 18.9 Å².